The monoisotopic (exact) mass is 389 g/mol. The van der Waals surface area contributed by atoms with Crippen molar-refractivity contribution < 1.29 is 39.3 Å². The molecule has 0 saturated carbocycles. The lowest BCUT2D eigenvalue weighted by Crippen LogP contribution is -2.60. The third-order valence-corrected chi connectivity index (χ3v) is 3.91. The number of hydrogen-bond acceptors (Lipinski definition) is 6. The molecule has 0 aromatic heterocycles. The summed E-state index contributed by atoms with van der Waals surface area (Å²) in [6.07, 6.45) is -1.73. The molecule has 0 saturated heterocycles. The Balaban J connectivity index is 5.32. The minimum atomic E-state index is -1.73. The van der Waals surface area contributed by atoms with Crippen LogP contribution >= 0.6 is 0 Å². The number of carbonyl (C=O) groups excluding carboxylic acids is 3. The van der Waals surface area contributed by atoms with Crippen LogP contribution in [0, 0.1) is 5.92 Å². The average Bonchev–Trinajstić information content (AvgIpc) is 2.54. The first-order valence-electron chi connectivity index (χ1n) is 8.41. The molecule has 0 radical (unpaired) electrons. The second-order valence-corrected chi connectivity index (χ2v) is 6.29. The highest BCUT2D eigenvalue weighted by molar-refractivity contribution is 5.94. The Bertz CT molecular complexity index is 578. The van der Waals surface area contributed by atoms with Gasteiger partial charge in [0.05, 0.1) is 12.5 Å². The predicted octanol–water partition coefficient (Wildman–Crippen LogP) is -1.55. The molecule has 11 heteroatoms. The highest BCUT2D eigenvalue weighted by Crippen LogP contribution is 2.09. The van der Waals surface area contributed by atoms with Crippen LogP contribution < -0.4 is 16.0 Å². The van der Waals surface area contributed by atoms with E-state index in [1.165, 1.54) is 13.8 Å². The third kappa shape index (κ3) is 8.49. The smallest absolute Gasteiger partial charge is 0.326 e. The topological polar surface area (TPSA) is 182 Å². The first kappa shape index (κ1) is 24.3. The molecule has 0 rings (SSSR count). The first-order chi connectivity index (χ1) is 12.4. The summed E-state index contributed by atoms with van der Waals surface area (Å²) in [4.78, 5) is 57.8. The van der Waals surface area contributed by atoms with Crippen LogP contribution in [-0.2, 0) is 24.0 Å². The van der Waals surface area contributed by atoms with Crippen molar-refractivity contribution in [2.75, 3.05) is 0 Å². The maximum absolute atomic E-state index is 12.5. The van der Waals surface area contributed by atoms with E-state index in [2.05, 4.69) is 10.6 Å². The van der Waals surface area contributed by atoms with Gasteiger partial charge in [0.25, 0.3) is 0 Å². The Morgan fingerprint density at radius 3 is 1.78 bits per heavy atom. The number of aliphatic hydroxyl groups excluding tert-OH is 1. The van der Waals surface area contributed by atoms with E-state index >= 15 is 0 Å². The van der Waals surface area contributed by atoms with Crippen LogP contribution in [0.15, 0.2) is 0 Å². The van der Waals surface area contributed by atoms with Crippen LogP contribution in [0.1, 0.15) is 40.5 Å². The van der Waals surface area contributed by atoms with Gasteiger partial charge in [-0.15, -0.1) is 0 Å². The summed E-state index contributed by atoms with van der Waals surface area (Å²) in [6.45, 7) is 5.94. The molecule has 6 N–H and O–H groups in total. The number of aliphatic carboxylic acids is 2. The standard InChI is InChI=1S/C16H27N3O8/c1-5-7(2)12(17-9(4)21)14(24)19-13(8(3)20)15(25)18-10(16(26)27)6-11(22)23/h7-8,10,12-13,20H,5-6H2,1-4H3,(H,17,21)(H,18,25)(H,19,24)(H,22,23)(H,26,27)/t7-,8+,10-,12-,13-/m0/s1. The van der Waals surface area contributed by atoms with Crippen molar-refractivity contribution in [3.05, 3.63) is 0 Å². The number of nitrogens with one attached hydrogen (secondary N) is 3. The molecule has 0 aliphatic carbocycles. The lowest BCUT2D eigenvalue weighted by molar-refractivity contribution is -0.148. The highest BCUT2D eigenvalue weighted by atomic mass is 16.4. The second-order valence-electron chi connectivity index (χ2n) is 6.29. The Kier molecular flexibility index (Phi) is 10.0. The van der Waals surface area contributed by atoms with E-state index in [4.69, 9.17) is 10.2 Å². The maximum atomic E-state index is 12.5. The molecule has 0 heterocycles. The zero-order chi connectivity index (χ0) is 21.3. The number of carbonyl (C=O) groups is 5. The zero-order valence-electron chi connectivity index (χ0n) is 15.7. The number of carboxylic acid groups (broad SMARTS) is 2. The molecule has 0 spiro atoms. The molecule has 11 nitrogen and oxygen atoms in total. The average molecular weight is 389 g/mol. The minimum absolute atomic E-state index is 0.273. The molecule has 0 aliphatic heterocycles. The van der Waals surface area contributed by atoms with Gasteiger partial charge in [0.1, 0.15) is 18.1 Å². The molecule has 0 bridgehead atoms. The van der Waals surface area contributed by atoms with Crippen LogP contribution in [0.3, 0.4) is 0 Å². The van der Waals surface area contributed by atoms with Gasteiger partial charge in [0.2, 0.25) is 17.7 Å². The van der Waals surface area contributed by atoms with Crippen LogP contribution in [0.4, 0.5) is 0 Å². The third-order valence-electron chi connectivity index (χ3n) is 3.91. The highest BCUT2D eigenvalue weighted by Gasteiger charge is 2.33. The molecule has 0 aromatic rings. The molecule has 0 aliphatic rings. The Labute approximate surface area is 156 Å². The van der Waals surface area contributed by atoms with E-state index in [1.54, 1.807) is 13.8 Å². The van der Waals surface area contributed by atoms with Crippen LogP contribution in [-0.4, -0.2) is 69.2 Å². The van der Waals surface area contributed by atoms with Crippen molar-refractivity contribution >= 4 is 29.7 Å². The van der Waals surface area contributed by atoms with Gasteiger partial charge in [-0.2, -0.15) is 0 Å². The van der Waals surface area contributed by atoms with Crippen LogP contribution in [0.2, 0.25) is 0 Å². The number of hydrogen-bond donors (Lipinski definition) is 6. The summed E-state index contributed by atoms with van der Waals surface area (Å²) in [6, 6.07) is -4.22. The zero-order valence-corrected chi connectivity index (χ0v) is 15.7. The fraction of sp³-hybridized carbons (Fsp3) is 0.688. The largest absolute Gasteiger partial charge is 0.481 e. The van der Waals surface area contributed by atoms with E-state index in [-0.39, 0.29) is 5.92 Å². The van der Waals surface area contributed by atoms with Crippen molar-refractivity contribution in [2.24, 2.45) is 5.92 Å². The molecule has 27 heavy (non-hydrogen) atoms. The van der Waals surface area contributed by atoms with Crippen molar-refractivity contribution in [1.82, 2.24) is 16.0 Å². The van der Waals surface area contributed by atoms with Crippen LogP contribution in [0.5, 0.6) is 0 Å². The molecule has 0 aromatic carbocycles. The fourth-order valence-corrected chi connectivity index (χ4v) is 2.21. The van der Waals surface area contributed by atoms with Gasteiger partial charge in [-0.05, 0) is 12.8 Å². The summed E-state index contributed by atoms with van der Waals surface area (Å²) in [5.74, 6) is -5.53. The molecule has 0 fully saturated rings. The quantitative estimate of drug-likeness (QED) is 0.245. The molecular weight excluding hydrogens is 362 g/mol. The van der Waals surface area contributed by atoms with E-state index in [1.807, 2.05) is 5.32 Å². The van der Waals surface area contributed by atoms with Crippen molar-refractivity contribution in [2.45, 2.75) is 64.8 Å². The summed E-state index contributed by atoms with van der Waals surface area (Å²) < 4.78 is 0. The number of aliphatic hydroxyl groups is 1. The molecular formula is C16H27N3O8. The van der Waals surface area contributed by atoms with Crippen LogP contribution in [0.25, 0.3) is 0 Å². The van der Waals surface area contributed by atoms with Gasteiger partial charge in [-0.1, -0.05) is 20.3 Å². The normalized spacial score (nSPS) is 16.2. The lowest BCUT2D eigenvalue weighted by atomic mass is 9.97. The number of carboxylic acids is 2. The summed E-state index contributed by atoms with van der Waals surface area (Å²) >= 11 is 0. The molecule has 154 valence electrons. The fourth-order valence-electron chi connectivity index (χ4n) is 2.21. The van der Waals surface area contributed by atoms with Gasteiger partial charge < -0.3 is 31.3 Å². The number of amides is 3. The Morgan fingerprint density at radius 2 is 1.41 bits per heavy atom. The Morgan fingerprint density at radius 1 is 0.889 bits per heavy atom. The Hall–Kier alpha value is -2.69. The second kappa shape index (κ2) is 11.1. The van der Waals surface area contributed by atoms with Gasteiger partial charge in [0.15, 0.2) is 0 Å². The van der Waals surface area contributed by atoms with Gasteiger partial charge in [0, 0.05) is 6.92 Å². The van der Waals surface area contributed by atoms with Gasteiger partial charge >= 0.3 is 11.9 Å². The summed E-state index contributed by atoms with van der Waals surface area (Å²) in [5.41, 5.74) is 0. The van der Waals surface area contributed by atoms with Crippen molar-refractivity contribution in [3.8, 4) is 0 Å². The van der Waals surface area contributed by atoms with Crippen molar-refractivity contribution in [1.29, 1.82) is 0 Å². The van der Waals surface area contributed by atoms with Crippen molar-refractivity contribution in [3.63, 3.8) is 0 Å². The predicted molar refractivity (Wildman–Crippen MR) is 92.5 cm³/mol. The number of rotatable bonds is 11. The SMILES string of the molecule is CC[C@H](C)[C@H](NC(C)=O)C(=O)N[C@H](C(=O)N[C@@H](CC(=O)O)C(=O)O)[C@@H](C)O. The van der Waals surface area contributed by atoms with E-state index in [0.717, 1.165) is 0 Å². The van der Waals surface area contributed by atoms with E-state index in [9.17, 15) is 29.1 Å². The van der Waals surface area contributed by atoms with Gasteiger partial charge in [-0.3, -0.25) is 19.2 Å². The lowest BCUT2D eigenvalue weighted by Gasteiger charge is -2.27. The summed E-state index contributed by atoms with van der Waals surface area (Å²) in [5, 5.41) is 34.2. The maximum Gasteiger partial charge on any atom is 0.326 e. The molecule has 0 unspecified atom stereocenters. The minimum Gasteiger partial charge on any atom is -0.481 e. The summed E-state index contributed by atoms with van der Waals surface area (Å²) in [7, 11) is 0. The van der Waals surface area contributed by atoms with E-state index in [0.29, 0.717) is 6.42 Å². The molecule has 5 atom stereocenters. The van der Waals surface area contributed by atoms with E-state index < -0.39 is 60.3 Å². The first-order valence-corrected chi connectivity index (χ1v) is 8.41. The molecule has 3 amide bonds. The van der Waals surface area contributed by atoms with Gasteiger partial charge in [-0.25, -0.2) is 4.79 Å².